The quantitative estimate of drug-likeness (QED) is 0.821. The van der Waals surface area contributed by atoms with Gasteiger partial charge in [-0.3, -0.25) is 4.79 Å². The molecule has 0 aliphatic rings. The van der Waals surface area contributed by atoms with E-state index in [-0.39, 0.29) is 18.2 Å². The molecule has 5 nitrogen and oxygen atoms in total. The highest BCUT2D eigenvalue weighted by Gasteiger charge is 2.09. The predicted octanol–water partition coefficient (Wildman–Crippen LogP) is 2.53. The van der Waals surface area contributed by atoms with Gasteiger partial charge in [-0.25, -0.2) is 4.79 Å². The average molecular weight is 305 g/mol. The lowest BCUT2D eigenvalue weighted by atomic mass is 10.2. The Hall–Kier alpha value is -2.21. The van der Waals surface area contributed by atoms with Crippen LogP contribution in [0, 0.1) is 0 Å². The third kappa shape index (κ3) is 5.00. The van der Waals surface area contributed by atoms with Crippen molar-refractivity contribution in [3.63, 3.8) is 0 Å². The lowest BCUT2D eigenvalue weighted by molar-refractivity contribution is -0.118. The predicted molar refractivity (Wildman–Crippen MR) is 80.1 cm³/mol. The maximum absolute atomic E-state index is 11.7. The van der Waals surface area contributed by atoms with Gasteiger partial charge in [0.1, 0.15) is 5.76 Å². The van der Waals surface area contributed by atoms with Gasteiger partial charge >= 0.3 is 5.97 Å². The van der Waals surface area contributed by atoms with Gasteiger partial charge < -0.3 is 14.8 Å². The number of aromatic carboxylic acids is 1. The maximum Gasteiger partial charge on any atom is 0.371 e. The second-order valence-corrected chi connectivity index (χ2v) is 5.31. The zero-order valence-corrected chi connectivity index (χ0v) is 12.1. The number of carbonyl (C=O) groups excluding carboxylic acids is 1. The average Bonchev–Trinajstić information content (AvgIpc) is 2.95. The summed E-state index contributed by atoms with van der Waals surface area (Å²) in [6, 6.07) is 12.8. The summed E-state index contributed by atoms with van der Waals surface area (Å²) in [5.74, 6) is 0.196. The summed E-state index contributed by atoms with van der Waals surface area (Å²) < 4.78 is 5.05. The first-order chi connectivity index (χ1) is 10.1. The molecule has 0 saturated heterocycles. The van der Waals surface area contributed by atoms with Gasteiger partial charge in [-0.05, 0) is 17.7 Å². The van der Waals surface area contributed by atoms with E-state index in [1.165, 1.54) is 23.4 Å². The minimum absolute atomic E-state index is 0.107. The van der Waals surface area contributed by atoms with Crippen LogP contribution in [0.3, 0.4) is 0 Å². The van der Waals surface area contributed by atoms with Crippen LogP contribution in [0.15, 0.2) is 46.9 Å². The molecule has 1 aromatic carbocycles. The molecule has 0 atom stereocenters. The molecule has 0 unspecified atom stereocenters. The van der Waals surface area contributed by atoms with Gasteiger partial charge in [0.05, 0.1) is 12.3 Å². The van der Waals surface area contributed by atoms with Crippen molar-refractivity contribution >= 4 is 23.6 Å². The van der Waals surface area contributed by atoms with Gasteiger partial charge in [-0.2, -0.15) is 0 Å². The molecule has 110 valence electrons. The molecule has 21 heavy (non-hydrogen) atoms. The topological polar surface area (TPSA) is 79.5 Å². The Bertz CT molecular complexity index is 609. The minimum Gasteiger partial charge on any atom is -0.475 e. The smallest absolute Gasteiger partial charge is 0.371 e. The van der Waals surface area contributed by atoms with E-state index in [4.69, 9.17) is 9.52 Å². The number of carboxylic acid groups (broad SMARTS) is 1. The number of rotatable bonds is 7. The van der Waals surface area contributed by atoms with E-state index in [9.17, 15) is 9.59 Å². The van der Waals surface area contributed by atoms with Crippen molar-refractivity contribution in [2.75, 3.05) is 5.75 Å². The zero-order valence-electron chi connectivity index (χ0n) is 11.2. The largest absolute Gasteiger partial charge is 0.475 e. The number of hydrogen-bond acceptors (Lipinski definition) is 4. The van der Waals surface area contributed by atoms with Crippen molar-refractivity contribution in [2.45, 2.75) is 12.3 Å². The minimum atomic E-state index is -1.12. The van der Waals surface area contributed by atoms with Crippen molar-refractivity contribution in [3.05, 3.63) is 59.5 Å². The molecule has 6 heteroatoms. The molecule has 2 aromatic rings. The molecule has 0 saturated carbocycles. The lowest BCUT2D eigenvalue weighted by Gasteiger charge is -2.03. The number of carbonyl (C=O) groups is 2. The molecule has 1 amide bonds. The molecular formula is C15H15NO4S. The van der Waals surface area contributed by atoms with E-state index in [0.717, 1.165) is 5.75 Å². The van der Waals surface area contributed by atoms with Crippen LogP contribution < -0.4 is 5.32 Å². The Balaban J connectivity index is 1.68. The van der Waals surface area contributed by atoms with E-state index >= 15 is 0 Å². The summed E-state index contributed by atoms with van der Waals surface area (Å²) in [6.07, 6.45) is 0. The first-order valence-corrected chi connectivity index (χ1v) is 7.51. The van der Waals surface area contributed by atoms with Crippen LogP contribution in [-0.4, -0.2) is 22.7 Å². The van der Waals surface area contributed by atoms with E-state index in [1.807, 2.05) is 30.3 Å². The standard InChI is InChI=1S/C15H15NO4S/c17-14(10-21-9-11-4-2-1-3-5-11)16-8-12-6-7-13(20-12)15(18)19/h1-7H,8-10H2,(H,16,17)(H,18,19). The van der Waals surface area contributed by atoms with Crippen molar-refractivity contribution < 1.29 is 19.1 Å². The van der Waals surface area contributed by atoms with Crippen LogP contribution in [0.1, 0.15) is 21.9 Å². The highest BCUT2D eigenvalue weighted by Crippen LogP contribution is 2.11. The highest BCUT2D eigenvalue weighted by molar-refractivity contribution is 7.99. The molecule has 0 bridgehead atoms. The molecule has 0 aliphatic carbocycles. The number of furan rings is 1. The third-order valence-electron chi connectivity index (χ3n) is 2.68. The number of nitrogens with one attached hydrogen (secondary N) is 1. The summed E-state index contributed by atoms with van der Waals surface area (Å²) in [4.78, 5) is 22.3. The molecule has 0 spiro atoms. The fourth-order valence-electron chi connectivity index (χ4n) is 1.66. The van der Waals surface area contributed by atoms with Gasteiger partial charge in [0.15, 0.2) is 0 Å². The van der Waals surface area contributed by atoms with Crippen LogP contribution in [0.2, 0.25) is 0 Å². The van der Waals surface area contributed by atoms with Crippen molar-refractivity contribution in [1.29, 1.82) is 0 Å². The second-order valence-electron chi connectivity index (χ2n) is 4.33. The van der Waals surface area contributed by atoms with Crippen molar-refractivity contribution in [3.8, 4) is 0 Å². The number of thioether (sulfide) groups is 1. The SMILES string of the molecule is O=C(CSCc1ccccc1)NCc1ccc(C(=O)O)o1. The van der Waals surface area contributed by atoms with Crippen LogP contribution in [0.25, 0.3) is 0 Å². The van der Waals surface area contributed by atoms with Gasteiger partial charge in [0.25, 0.3) is 0 Å². The number of amides is 1. The molecule has 1 aromatic heterocycles. The van der Waals surface area contributed by atoms with Crippen molar-refractivity contribution in [2.24, 2.45) is 0 Å². The summed E-state index contributed by atoms with van der Waals surface area (Å²) >= 11 is 1.52. The first kappa shape index (κ1) is 15.2. The van der Waals surface area contributed by atoms with E-state index in [0.29, 0.717) is 11.5 Å². The first-order valence-electron chi connectivity index (χ1n) is 6.35. The second kappa shape index (κ2) is 7.54. The molecule has 0 aliphatic heterocycles. The number of benzene rings is 1. The Kier molecular flexibility index (Phi) is 5.45. The Morgan fingerprint density at radius 1 is 1.14 bits per heavy atom. The monoisotopic (exact) mass is 305 g/mol. The molecule has 0 fully saturated rings. The fourth-order valence-corrected chi connectivity index (χ4v) is 2.48. The molecule has 2 rings (SSSR count). The molecular weight excluding hydrogens is 290 g/mol. The summed E-state index contributed by atoms with van der Waals surface area (Å²) in [5.41, 5.74) is 1.17. The molecule has 0 radical (unpaired) electrons. The van der Waals surface area contributed by atoms with Gasteiger partial charge in [0, 0.05) is 5.75 Å². The lowest BCUT2D eigenvalue weighted by Crippen LogP contribution is -2.24. The van der Waals surface area contributed by atoms with E-state index in [2.05, 4.69) is 5.32 Å². The fraction of sp³-hybridized carbons (Fsp3) is 0.200. The number of hydrogen-bond donors (Lipinski definition) is 2. The van der Waals surface area contributed by atoms with Gasteiger partial charge in [0.2, 0.25) is 11.7 Å². The van der Waals surface area contributed by atoms with Gasteiger partial charge in [-0.15, -0.1) is 11.8 Å². The molecule has 1 heterocycles. The van der Waals surface area contributed by atoms with Gasteiger partial charge in [-0.1, -0.05) is 30.3 Å². The molecule has 2 N–H and O–H groups in total. The third-order valence-corrected chi connectivity index (χ3v) is 3.68. The zero-order chi connectivity index (χ0) is 15.1. The summed E-state index contributed by atoms with van der Waals surface area (Å²) in [6.45, 7) is 0.192. The number of carboxylic acids is 1. The highest BCUT2D eigenvalue weighted by atomic mass is 32.2. The normalized spacial score (nSPS) is 10.3. The maximum atomic E-state index is 11.7. The Morgan fingerprint density at radius 3 is 2.57 bits per heavy atom. The van der Waals surface area contributed by atoms with Crippen LogP contribution in [-0.2, 0) is 17.1 Å². The summed E-state index contributed by atoms with van der Waals surface area (Å²) in [7, 11) is 0. The Morgan fingerprint density at radius 2 is 1.90 bits per heavy atom. The van der Waals surface area contributed by atoms with E-state index < -0.39 is 5.97 Å². The van der Waals surface area contributed by atoms with Crippen molar-refractivity contribution in [1.82, 2.24) is 5.32 Å². The van der Waals surface area contributed by atoms with E-state index in [1.54, 1.807) is 6.07 Å². The van der Waals surface area contributed by atoms with Crippen LogP contribution in [0.5, 0.6) is 0 Å². The van der Waals surface area contributed by atoms with Crippen LogP contribution >= 0.6 is 11.8 Å². The Labute approximate surface area is 126 Å². The summed E-state index contributed by atoms with van der Waals surface area (Å²) in [5, 5.41) is 11.4. The van der Waals surface area contributed by atoms with Crippen LogP contribution in [0.4, 0.5) is 0 Å².